The molecule has 1 heterocycles. The molecular formula is C15H27N3O. The maximum absolute atomic E-state index is 12.0. The molecule has 4 nitrogen and oxygen atoms in total. The summed E-state index contributed by atoms with van der Waals surface area (Å²) in [5.41, 5.74) is 0. The maximum atomic E-state index is 12.0. The van der Waals surface area contributed by atoms with E-state index in [2.05, 4.69) is 17.9 Å². The van der Waals surface area contributed by atoms with Gasteiger partial charge in [0.05, 0.1) is 12.1 Å². The minimum atomic E-state index is -0.0358. The number of carbonyl (C=O) groups is 1. The first-order valence-corrected chi connectivity index (χ1v) is 7.60. The van der Waals surface area contributed by atoms with E-state index in [0.29, 0.717) is 12.3 Å². The highest BCUT2D eigenvalue weighted by Crippen LogP contribution is 2.10. The lowest BCUT2D eigenvalue weighted by atomic mass is 10.1. The summed E-state index contributed by atoms with van der Waals surface area (Å²) >= 11 is 0. The van der Waals surface area contributed by atoms with Crippen LogP contribution in [0.3, 0.4) is 0 Å². The van der Waals surface area contributed by atoms with E-state index < -0.39 is 0 Å². The zero-order valence-corrected chi connectivity index (χ0v) is 12.4. The van der Waals surface area contributed by atoms with E-state index >= 15 is 0 Å². The molecule has 0 saturated carbocycles. The van der Waals surface area contributed by atoms with Crippen molar-refractivity contribution in [1.82, 2.24) is 9.80 Å². The summed E-state index contributed by atoms with van der Waals surface area (Å²) in [7, 11) is 0. The molecule has 0 spiro atoms. The number of rotatable bonds is 7. The van der Waals surface area contributed by atoms with Gasteiger partial charge in [0.15, 0.2) is 0 Å². The molecule has 0 aromatic heterocycles. The third kappa shape index (κ3) is 5.61. The van der Waals surface area contributed by atoms with Crippen LogP contribution >= 0.6 is 0 Å². The Hall–Kier alpha value is -1.08. The normalized spacial score (nSPS) is 18.1. The number of unbranched alkanes of at least 4 members (excludes halogenated alkanes) is 4. The molecule has 0 aromatic carbocycles. The number of nitrogens with zero attached hydrogens (tertiary/aromatic N) is 3. The van der Waals surface area contributed by atoms with Crippen LogP contribution in [0.4, 0.5) is 0 Å². The first-order chi connectivity index (χ1) is 9.19. The molecule has 4 heteroatoms. The molecule has 1 aliphatic heterocycles. The van der Waals surface area contributed by atoms with E-state index in [9.17, 15) is 4.79 Å². The molecule has 1 rings (SSSR count). The summed E-state index contributed by atoms with van der Waals surface area (Å²) in [5.74, 6) is 0.292. The minimum Gasteiger partial charge on any atom is -0.340 e. The molecule has 1 aliphatic rings. The number of hydrogen-bond donors (Lipinski definition) is 0. The average molecular weight is 265 g/mol. The Balaban J connectivity index is 2.17. The van der Waals surface area contributed by atoms with E-state index in [4.69, 9.17) is 5.26 Å². The Labute approximate surface area is 117 Å². The smallest absolute Gasteiger partial charge is 0.222 e. The molecule has 19 heavy (non-hydrogen) atoms. The van der Waals surface area contributed by atoms with Gasteiger partial charge in [-0.25, -0.2) is 0 Å². The van der Waals surface area contributed by atoms with Gasteiger partial charge in [0.2, 0.25) is 5.91 Å². The fourth-order valence-electron chi connectivity index (χ4n) is 2.48. The number of piperazine rings is 1. The molecule has 0 aromatic rings. The first kappa shape index (κ1) is 16.0. The van der Waals surface area contributed by atoms with Crippen molar-refractivity contribution in [2.45, 2.75) is 58.4 Å². The van der Waals surface area contributed by atoms with Crippen LogP contribution in [0.2, 0.25) is 0 Å². The number of carbonyl (C=O) groups excluding carboxylic acids is 1. The molecule has 1 fully saturated rings. The monoisotopic (exact) mass is 265 g/mol. The molecule has 0 radical (unpaired) electrons. The van der Waals surface area contributed by atoms with Crippen molar-refractivity contribution < 1.29 is 4.79 Å². The highest BCUT2D eigenvalue weighted by atomic mass is 16.2. The van der Waals surface area contributed by atoms with Gasteiger partial charge in [0, 0.05) is 32.6 Å². The Kier molecular flexibility index (Phi) is 7.50. The second kappa shape index (κ2) is 8.92. The maximum Gasteiger partial charge on any atom is 0.222 e. The van der Waals surface area contributed by atoms with Crippen LogP contribution < -0.4 is 0 Å². The van der Waals surface area contributed by atoms with Crippen molar-refractivity contribution in [3.63, 3.8) is 0 Å². The van der Waals surface area contributed by atoms with Gasteiger partial charge in [-0.05, 0) is 13.3 Å². The first-order valence-electron chi connectivity index (χ1n) is 7.60. The third-order valence-electron chi connectivity index (χ3n) is 3.90. The highest BCUT2D eigenvalue weighted by Gasteiger charge is 2.23. The lowest BCUT2D eigenvalue weighted by Gasteiger charge is -2.36. The Bertz CT molecular complexity index is 303. The third-order valence-corrected chi connectivity index (χ3v) is 3.90. The SMILES string of the molecule is CCCCCCCC(=O)N1CCN(C(C)C#N)CC1. The van der Waals surface area contributed by atoms with E-state index in [-0.39, 0.29) is 6.04 Å². The Morgan fingerprint density at radius 1 is 1.16 bits per heavy atom. The molecule has 1 atom stereocenters. The summed E-state index contributed by atoms with van der Waals surface area (Å²) in [6.07, 6.45) is 6.65. The average Bonchev–Trinajstić information content (AvgIpc) is 2.46. The van der Waals surface area contributed by atoms with Crippen molar-refractivity contribution in [3.05, 3.63) is 0 Å². The van der Waals surface area contributed by atoms with Crippen LogP contribution in [0, 0.1) is 11.3 Å². The molecule has 1 saturated heterocycles. The molecule has 1 amide bonds. The lowest BCUT2D eigenvalue weighted by molar-refractivity contribution is -0.133. The quantitative estimate of drug-likeness (QED) is 0.664. The molecule has 0 bridgehead atoms. The van der Waals surface area contributed by atoms with Crippen LogP contribution in [0.25, 0.3) is 0 Å². The standard InChI is InChI=1S/C15H27N3O/c1-3-4-5-6-7-8-15(19)18-11-9-17(10-12-18)14(2)13-16/h14H,3-12H2,1-2H3. The van der Waals surface area contributed by atoms with Crippen LogP contribution in [0.1, 0.15) is 52.4 Å². The lowest BCUT2D eigenvalue weighted by Crippen LogP contribution is -2.51. The largest absolute Gasteiger partial charge is 0.340 e. The van der Waals surface area contributed by atoms with Gasteiger partial charge < -0.3 is 4.90 Å². The zero-order valence-electron chi connectivity index (χ0n) is 12.4. The summed E-state index contributed by atoms with van der Waals surface area (Å²) in [6, 6.07) is 2.22. The topological polar surface area (TPSA) is 47.3 Å². The summed E-state index contributed by atoms with van der Waals surface area (Å²) in [4.78, 5) is 16.1. The van der Waals surface area contributed by atoms with Gasteiger partial charge in [-0.2, -0.15) is 5.26 Å². The molecule has 0 aliphatic carbocycles. The molecule has 0 N–H and O–H groups in total. The predicted octanol–water partition coefficient (Wildman–Crippen LogP) is 2.40. The highest BCUT2D eigenvalue weighted by molar-refractivity contribution is 5.76. The summed E-state index contributed by atoms with van der Waals surface area (Å²) < 4.78 is 0. The number of hydrogen-bond acceptors (Lipinski definition) is 3. The van der Waals surface area contributed by atoms with E-state index in [1.54, 1.807) is 0 Å². The van der Waals surface area contributed by atoms with Crippen molar-refractivity contribution in [2.24, 2.45) is 0 Å². The Morgan fingerprint density at radius 2 is 1.79 bits per heavy atom. The van der Waals surface area contributed by atoms with Gasteiger partial charge in [-0.1, -0.05) is 32.6 Å². The van der Waals surface area contributed by atoms with Gasteiger partial charge in [-0.3, -0.25) is 9.69 Å². The summed E-state index contributed by atoms with van der Waals surface area (Å²) in [6.45, 7) is 7.34. The second-order valence-electron chi connectivity index (χ2n) is 5.39. The fraction of sp³-hybridized carbons (Fsp3) is 0.867. The van der Waals surface area contributed by atoms with Crippen molar-refractivity contribution >= 4 is 5.91 Å². The molecule has 108 valence electrons. The van der Waals surface area contributed by atoms with E-state index in [1.165, 1.54) is 25.7 Å². The fourth-order valence-corrected chi connectivity index (χ4v) is 2.48. The van der Waals surface area contributed by atoms with E-state index in [1.807, 2.05) is 11.8 Å². The van der Waals surface area contributed by atoms with Gasteiger partial charge in [-0.15, -0.1) is 0 Å². The number of amides is 1. The Morgan fingerprint density at radius 3 is 2.37 bits per heavy atom. The summed E-state index contributed by atoms with van der Waals surface area (Å²) in [5, 5.41) is 8.88. The van der Waals surface area contributed by atoms with Crippen molar-refractivity contribution in [2.75, 3.05) is 26.2 Å². The van der Waals surface area contributed by atoms with Gasteiger partial charge in [0.25, 0.3) is 0 Å². The van der Waals surface area contributed by atoms with Crippen LogP contribution in [0.15, 0.2) is 0 Å². The van der Waals surface area contributed by atoms with Crippen LogP contribution in [-0.2, 0) is 4.79 Å². The zero-order chi connectivity index (χ0) is 14.1. The van der Waals surface area contributed by atoms with Crippen molar-refractivity contribution in [3.8, 4) is 6.07 Å². The van der Waals surface area contributed by atoms with Gasteiger partial charge >= 0.3 is 0 Å². The minimum absolute atomic E-state index is 0.0358. The van der Waals surface area contributed by atoms with Crippen LogP contribution in [0.5, 0.6) is 0 Å². The number of nitriles is 1. The second-order valence-corrected chi connectivity index (χ2v) is 5.39. The molecule has 1 unspecified atom stereocenters. The van der Waals surface area contributed by atoms with E-state index in [0.717, 1.165) is 32.6 Å². The van der Waals surface area contributed by atoms with Gasteiger partial charge in [0.1, 0.15) is 0 Å². The van der Waals surface area contributed by atoms with Crippen LogP contribution in [-0.4, -0.2) is 47.9 Å². The predicted molar refractivity (Wildman–Crippen MR) is 76.6 cm³/mol. The molecular weight excluding hydrogens is 238 g/mol. The van der Waals surface area contributed by atoms with Crippen molar-refractivity contribution in [1.29, 1.82) is 5.26 Å².